The lowest BCUT2D eigenvalue weighted by atomic mass is 10.2. The second kappa shape index (κ2) is 10.4. The molecule has 0 aliphatic heterocycles. The summed E-state index contributed by atoms with van der Waals surface area (Å²) in [5, 5.41) is 2.90. The molecule has 0 saturated heterocycles. The van der Waals surface area contributed by atoms with Crippen LogP contribution in [0.4, 0.5) is 11.5 Å². The Hall–Kier alpha value is -3.14. The standard InChI is InChI=1S/C23H21Cl2N3O5S/c1-13-4-5-14(2)20(10-13)34(31,32)28-18-8-6-16(7-9-18)23(30)33-15(3)22(29)27-21-19(25)11-17(24)12-26-21/h4-12,15,28H,1-3H3,(H,26,27,29)/t15-/m1/s1. The number of amides is 1. The molecular weight excluding hydrogens is 501 g/mol. The Balaban J connectivity index is 1.64. The fourth-order valence-electron chi connectivity index (χ4n) is 2.89. The Morgan fingerprint density at radius 3 is 2.35 bits per heavy atom. The van der Waals surface area contributed by atoms with Crippen molar-refractivity contribution in [3.8, 4) is 0 Å². The number of aryl methyl sites for hydroxylation is 2. The van der Waals surface area contributed by atoms with E-state index in [0.29, 0.717) is 10.6 Å². The van der Waals surface area contributed by atoms with E-state index in [1.165, 1.54) is 43.5 Å². The highest BCUT2D eigenvalue weighted by molar-refractivity contribution is 7.92. The van der Waals surface area contributed by atoms with Crippen LogP contribution >= 0.6 is 23.2 Å². The number of aromatic nitrogens is 1. The number of hydrogen-bond acceptors (Lipinski definition) is 6. The molecule has 0 aliphatic carbocycles. The number of hydrogen-bond donors (Lipinski definition) is 2. The lowest BCUT2D eigenvalue weighted by Crippen LogP contribution is -2.30. The summed E-state index contributed by atoms with van der Waals surface area (Å²) in [6, 6.07) is 12.2. The molecule has 34 heavy (non-hydrogen) atoms. The van der Waals surface area contributed by atoms with Crippen molar-refractivity contribution in [1.82, 2.24) is 4.98 Å². The molecule has 0 saturated carbocycles. The van der Waals surface area contributed by atoms with Crippen LogP contribution in [0.2, 0.25) is 10.0 Å². The zero-order chi connectivity index (χ0) is 25.0. The summed E-state index contributed by atoms with van der Waals surface area (Å²) in [5.41, 5.74) is 1.83. The minimum absolute atomic E-state index is 0.0828. The minimum Gasteiger partial charge on any atom is -0.449 e. The van der Waals surface area contributed by atoms with Gasteiger partial charge < -0.3 is 10.1 Å². The Morgan fingerprint density at radius 1 is 1.03 bits per heavy atom. The number of carbonyl (C=O) groups is 2. The molecule has 1 heterocycles. The van der Waals surface area contributed by atoms with Crippen LogP contribution < -0.4 is 10.0 Å². The molecule has 0 radical (unpaired) electrons. The van der Waals surface area contributed by atoms with Crippen molar-refractivity contribution in [2.24, 2.45) is 0 Å². The summed E-state index contributed by atoms with van der Waals surface area (Å²) >= 11 is 11.8. The van der Waals surface area contributed by atoms with Gasteiger partial charge in [0.2, 0.25) is 0 Å². The fraction of sp³-hybridized carbons (Fsp3) is 0.174. The van der Waals surface area contributed by atoms with E-state index in [1.807, 2.05) is 6.07 Å². The van der Waals surface area contributed by atoms with Gasteiger partial charge in [0, 0.05) is 11.9 Å². The van der Waals surface area contributed by atoms with Gasteiger partial charge >= 0.3 is 5.97 Å². The van der Waals surface area contributed by atoms with E-state index >= 15 is 0 Å². The third-order valence-corrected chi connectivity index (χ3v) is 6.73. The van der Waals surface area contributed by atoms with E-state index in [1.54, 1.807) is 26.0 Å². The van der Waals surface area contributed by atoms with Crippen LogP contribution in [0.1, 0.15) is 28.4 Å². The highest BCUT2D eigenvalue weighted by Crippen LogP contribution is 2.23. The van der Waals surface area contributed by atoms with Gasteiger partial charge in [0.1, 0.15) is 0 Å². The van der Waals surface area contributed by atoms with Crippen molar-refractivity contribution in [3.05, 3.63) is 81.5 Å². The number of nitrogens with zero attached hydrogens (tertiary/aromatic N) is 1. The molecular formula is C23H21Cl2N3O5S. The predicted molar refractivity (Wildman–Crippen MR) is 131 cm³/mol. The van der Waals surface area contributed by atoms with E-state index in [9.17, 15) is 18.0 Å². The third-order valence-electron chi connectivity index (χ3n) is 4.71. The van der Waals surface area contributed by atoms with Gasteiger partial charge in [-0.2, -0.15) is 0 Å². The number of carbonyl (C=O) groups excluding carboxylic acids is 2. The molecule has 0 fully saturated rings. The van der Waals surface area contributed by atoms with Crippen molar-refractivity contribution < 1.29 is 22.7 Å². The average Bonchev–Trinajstić information content (AvgIpc) is 2.77. The quantitative estimate of drug-likeness (QED) is 0.423. The van der Waals surface area contributed by atoms with Crippen molar-refractivity contribution in [3.63, 3.8) is 0 Å². The highest BCUT2D eigenvalue weighted by Gasteiger charge is 2.21. The maximum absolute atomic E-state index is 12.7. The molecule has 1 atom stereocenters. The molecule has 3 aromatic rings. The van der Waals surface area contributed by atoms with Gasteiger partial charge in [-0.05, 0) is 68.3 Å². The maximum Gasteiger partial charge on any atom is 0.338 e. The summed E-state index contributed by atoms with van der Waals surface area (Å²) in [4.78, 5) is 28.8. The molecule has 3 rings (SSSR count). The minimum atomic E-state index is -3.81. The molecule has 1 aromatic heterocycles. The van der Waals surface area contributed by atoms with Crippen LogP contribution in [-0.4, -0.2) is 31.4 Å². The van der Waals surface area contributed by atoms with Gasteiger partial charge in [-0.25, -0.2) is 18.2 Å². The lowest BCUT2D eigenvalue weighted by molar-refractivity contribution is -0.123. The largest absolute Gasteiger partial charge is 0.449 e. The van der Waals surface area contributed by atoms with Crippen LogP contribution in [0, 0.1) is 13.8 Å². The fourth-order valence-corrected chi connectivity index (χ4v) is 4.70. The molecule has 1 amide bonds. The van der Waals surface area contributed by atoms with E-state index in [4.69, 9.17) is 27.9 Å². The second-order valence-corrected chi connectivity index (χ2v) is 9.97. The summed E-state index contributed by atoms with van der Waals surface area (Å²) < 4.78 is 33.2. The molecule has 0 bridgehead atoms. The Morgan fingerprint density at radius 2 is 1.71 bits per heavy atom. The van der Waals surface area contributed by atoms with Gasteiger partial charge in [0.15, 0.2) is 11.9 Å². The highest BCUT2D eigenvalue weighted by atomic mass is 35.5. The number of benzene rings is 2. The number of ether oxygens (including phenoxy) is 1. The predicted octanol–water partition coefficient (Wildman–Crippen LogP) is 4.99. The molecule has 0 spiro atoms. The zero-order valence-corrected chi connectivity index (χ0v) is 20.8. The first kappa shape index (κ1) is 25.5. The number of nitrogens with one attached hydrogen (secondary N) is 2. The molecule has 0 aliphatic rings. The van der Waals surface area contributed by atoms with E-state index in [-0.39, 0.29) is 27.0 Å². The number of anilines is 2. The first-order valence-corrected chi connectivity index (χ1v) is 12.2. The zero-order valence-electron chi connectivity index (χ0n) is 18.4. The third kappa shape index (κ3) is 6.25. The summed E-state index contributed by atoms with van der Waals surface area (Å²) in [5.74, 6) is -1.32. The van der Waals surface area contributed by atoms with Crippen LogP contribution in [0.25, 0.3) is 0 Å². The molecule has 2 aromatic carbocycles. The van der Waals surface area contributed by atoms with Gasteiger partial charge in [-0.3, -0.25) is 9.52 Å². The smallest absolute Gasteiger partial charge is 0.338 e. The topological polar surface area (TPSA) is 114 Å². The molecule has 11 heteroatoms. The number of halogens is 2. The number of rotatable bonds is 7. The van der Waals surface area contributed by atoms with Crippen LogP contribution in [0.3, 0.4) is 0 Å². The monoisotopic (exact) mass is 521 g/mol. The Kier molecular flexibility index (Phi) is 7.81. The average molecular weight is 522 g/mol. The first-order valence-electron chi connectivity index (χ1n) is 9.99. The van der Waals surface area contributed by atoms with Gasteiger partial charge in [0.05, 0.1) is 20.5 Å². The van der Waals surface area contributed by atoms with Crippen LogP contribution in [0.15, 0.2) is 59.6 Å². The number of pyridine rings is 1. The normalized spacial score (nSPS) is 12.0. The van der Waals surface area contributed by atoms with Crippen molar-refractivity contribution in [2.75, 3.05) is 10.0 Å². The van der Waals surface area contributed by atoms with Gasteiger partial charge in [0.25, 0.3) is 15.9 Å². The Bertz CT molecular complexity index is 1350. The molecule has 0 unspecified atom stereocenters. The molecule has 2 N–H and O–H groups in total. The van der Waals surface area contributed by atoms with Gasteiger partial charge in [-0.15, -0.1) is 0 Å². The maximum atomic E-state index is 12.7. The summed E-state index contributed by atoms with van der Waals surface area (Å²) in [6.45, 7) is 4.91. The number of sulfonamides is 1. The molecule has 178 valence electrons. The van der Waals surface area contributed by atoms with Gasteiger partial charge in [-0.1, -0.05) is 35.3 Å². The van der Waals surface area contributed by atoms with Crippen LogP contribution in [-0.2, 0) is 19.6 Å². The lowest BCUT2D eigenvalue weighted by Gasteiger charge is -2.14. The van der Waals surface area contributed by atoms with Crippen molar-refractivity contribution in [2.45, 2.75) is 31.8 Å². The summed E-state index contributed by atoms with van der Waals surface area (Å²) in [7, 11) is -3.81. The second-order valence-electron chi connectivity index (χ2n) is 7.47. The van der Waals surface area contributed by atoms with Crippen molar-refractivity contribution in [1.29, 1.82) is 0 Å². The van der Waals surface area contributed by atoms with E-state index in [0.717, 1.165) is 5.56 Å². The van der Waals surface area contributed by atoms with E-state index < -0.39 is 28.0 Å². The SMILES string of the molecule is Cc1ccc(C)c(S(=O)(=O)Nc2ccc(C(=O)O[C@H](C)C(=O)Nc3ncc(Cl)cc3Cl)cc2)c1. The number of esters is 1. The summed E-state index contributed by atoms with van der Waals surface area (Å²) in [6.07, 6.45) is 0.166. The Labute approximate surface area is 207 Å². The molecule has 8 nitrogen and oxygen atoms in total. The first-order chi connectivity index (χ1) is 16.0. The van der Waals surface area contributed by atoms with Crippen molar-refractivity contribution >= 4 is 56.6 Å². The van der Waals surface area contributed by atoms with Crippen LogP contribution in [0.5, 0.6) is 0 Å². The van der Waals surface area contributed by atoms with E-state index in [2.05, 4.69) is 15.0 Å².